The lowest BCUT2D eigenvalue weighted by Gasteiger charge is -2.05. The first-order chi connectivity index (χ1) is 9.52. The molecule has 0 fully saturated rings. The highest BCUT2D eigenvalue weighted by molar-refractivity contribution is 5.40. The lowest BCUT2D eigenvalue weighted by Crippen LogP contribution is -2.05. The second-order valence-electron chi connectivity index (χ2n) is 4.52. The summed E-state index contributed by atoms with van der Waals surface area (Å²) in [6, 6.07) is 3.83. The Labute approximate surface area is 116 Å². The molecule has 0 aliphatic carbocycles. The highest BCUT2D eigenvalue weighted by atomic mass is 16.6. The minimum Gasteiger partial charge on any atom is -0.370 e. The Morgan fingerprint density at radius 2 is 2.15 bits per heavy atom. The highest BCUT2D eigenvalue weighted by Gasteiger charge is 2.21. The molecule has 7 heteroatoms. The van der Waals surface area contributed by atoms with Gasteiger partial charge in [0.15, 0.2) is 0 Å². The van der Waals surface area contributed by atoms with Crippen LogP contribution in [-0.4, -0.2) is 26.2 Å². The third-order valence-electron chi connectivity index (χ3n) is 3.04. The number of pyridine rings is 1. The molecule has 0 aliphatic heterocycles. The molecule has 20 heavy (non-hydrogen) atoms. The molecule has 0 saturated heterocycles. The van der Waals surface area contributed by atoms with Gasteiger partial charge < -0.3 is 5.32 Å². The lowest BCUT2D eigenvalue weighted by molar-refractivity contribution is -0.386. The van der Waals surface area contributed by atoms with E-state index in [2.05, 4.69) is 15.4 Å². The van der Waals surface area contributed by atoms with Crippen molar-refractivity contribution in [2.24, 2.45) is 0 Å². The van der Waals surface area contributed by atoms with E-state index < -0.39 is 0 Å². The van der Waals surface area contributed by atoms with Gasteiger partial charge in [-0.3, -0.25) is 14.8 Å². The second kappa shape index (κ2) is 5.68. The number of hydrogen-bond donors (Lipinski definition) is 1. The number of nitro groups is 1. The van der Waals surface area contributed by atoms with E-state index in [4.69, 9.17) is 0 Å². The zero-order chi connectivity index (χ0) is 14.7. The predicted molar refractivity (Wildman–Crippen MR) is 75.9 cm³/mol. The van der Waals surface area contributed by atoms with Gasteiger partial charge in [-0.05, 0) is 32.4 Å². The van der Waals surface area contributed by atoms with E-state index in [1.807, 2.05) is 19.1 Å². The van der Waals surface area contributed by atoms with E-state index in [0.717, 1.165) is 17.9 Å². The van der Waals surface area contributed by atoms with Crippen molar-refractivity contribution in [1.29, 1.82) is 0 Å². The molecule has 0 unspecified atom stereocenters. The van der Waals surface area contributed by atoms with Crippen molar-refractivity contribution < 1.29 is 4.92 Å². The Morgan fingerprint density at radius 3 is 2.65 bits per heavy atom. The van der Waals surface area contributed by atoms with Gasteiger partial charge in [-0.25, -0.2) is 4.98 Å². The van der Waals surface area contributed by atoms with Crippen LogP contribution in [0.2, 0.25) is 0 Å². The van der Waals surface area contributed by atoms with Crippen molar-refractivity contribution in [1.82, 2.24) is 14.8 Å². The molecule has 0 atom stereocenters. The van der Waals surface area contributed by atoms with Crippen LogP contribution >= 0.6 is 0 Å². The molecule has 2 rings (SSSR count). The van der Waals surface area contributed by atoms with Gasteiger partial charge in [0.05, 0.1) is 11.5 Å². The van der Waals surface area contributed by atoms with Crippen LogP contribution in [-0.2, 0) is 6.54 Å². The zero-order valence-corrected chi connectivity index (χ0v) is 11.8. The molecule has 0 amide bonds. The van der Waals surface area contributed by atoms with Crippen LogP contribution in [0.15, 0.2) is 18.3 Å². The summed E-state index contributed by atoms with van der Waals surface area (Å²) in [7, 11) is 0. The van der Waals surface area contributed by atoms with Crippen LogP contribution in [0, 0.1) is 24.0 Å². The summed E-state index contributed by atoms with van der Waals surface area (Å²) in [5.74, 6) is 0.815. The molecule has 0 aliphatic rings. The minimum atomic E-state index is -0.388. The summed E-state index contributed by atoms with van der Waals surface area (Å²) >= 11 is 0. The van der Waals surface area contributed by atoms with Crippen LogP contribution in [0.3, 0.4) is 0 Å². The minimum absolute atomic E-state index is 0.0854. The first-order valence-corrected chi connectivity index (χ1v) is 6.40. The maximum absolute atomic E-state index is 11.0. The topological polar surface area (TPSA) is 85.9 Å². The number of anilines is 1. The summed E-state index contributed by atoms with van der Waals surface area (Å²) in [6.07, 6.45) is 1.75. The SMILES string of the molecule is CCNc1ccc(Cn2nc(C)c([N+](=O)[O-])c2C)cn1. The fourth-order valence-electron chi connectivity index (χ4n) is 2.08. The summed E-state index contributed by atoms with van der Waals surface area (Å²) < 4.78 is 1.64. The first kappa shape index (κ1) is 14.0. The molecule has 7 nitrogen and oxygen atoms in total. The molecule has 2 aromatic heterocycles. The van der Waals surface area contributed by atoms with Crippen LogP contribution in [0.4, 0.5) is 11.5 Å². The van der Waals surface area contributed by atoms with E-state index in [-0.39, 0.29) is 10.6 Å². The fourth-order valence-corrected chi connectivity index (χ4v) is 2.08. The van der Waals surface area contributed by atoms with E-state index in [0.29, 0.717) is 17.9 Å². The van der Waals surface area contributed by atoms with E-state index in [1.165, 1.54) is 0 Å². The second-order valence-corrected chi connectivity index (χ2v) is 4.52. The maximum Gasteiger partial charge on any atom is 0.312 e. The van der Waals surface area contributed by atoms with E-state index in [1.54, 1.807) is 24.7 Å². The summed E-state index contributed by atoms with van der Waals surface area (Å²) in [5, 5.41) is 18.3. The van der Waals surface area contributed by atoms with Gasteiger partial charge in [-0.1, -0.05) is 6.07 Å². The van der Waals surface area contributed by atoms with Gasteiger partial charge in [-0.15, -0.1) is 0 Å². The largest absolute Gasteiger partial charge is 0.370 e. The average molecular weight is 275 g/mol. The van der Waals surface area contributed by atoms with Gasteiger partial charge in [0.25, 0.3) is 0 Å². The molecule has 0 radical (unpaired) electrons. The van der Waals surface area contributed by atoms with Crippen LogP contribution in [0.1, 0.15) is 23.9 Å². The number of aromatic nitrogens is 3. The van der Waals surface area contributed by atoms with E-state index >= 15 is 0 Å². The number of nitrogens with one attached hydrogen (secondary N) is 1. The average Bonchev–Trinajstić information content (AvgIpc) is 2.67. The van der Waals surface area contributed by atoms with E-state index in [9.17, 15) is 10.1 Å². The van der Waals surface area contributed by atoms with Crippen molar-refractivity contribution in [3.05, 3.63) is 45.4 Å². The lowest BCUT2D eigenvalue weighted by atomic mass is 10.2. The standard InChI is InChI=1S/C13H17N5O2/c1-4-14-12-6-5-11(7-15-12)8-17-10(3)13(18(19)20)9(2)16-17/h5-7H,4,8H2,1-3H3,(H,14,15). The van der Waals surface area contributed by atoms with Gasteiger partial charge >= 0.3 is 5.69 Å². The fraction of sp³-hybridized carbons (Fsp3) is 0.385. The monoisotopic (exact) mass is 275 g/mol. The third kappa shape index (κ3) is 2.76. The van der Waals surface area contributed by atoms with Gasteiger partial charge in [-0.2, -0.15) is 5.10 Å². The summed E-state index contributed by atoms with van der Waals surface area (Å²) in [4.78, 5) is 14.8. The van der Waals surface area contributed by atoms with Crippen molar-refractivity contribution in [3.63, 3.8) is 0 Å². The van der Waals surface area contributed by atoms with Crippen molar-refractivity contribution in [2.45, 2.75) is 27.3 Å². The summed E-state index contributed by atoms with van der Waals surface area (Å²) in [6.45, 7) is 6.65. The molecule has 0 aromatic carbocycles. The van der Waals surface area contributed by atoms with Gasteiger partial charge in [0, 0.05) is 12.7 Å². The highest BCUT2D eigenvalue weighted by Crippen LogP contribution is 2.22. The Hall–Kier alpha value is -2.44. The zero-order valence-electron chi connectivity index (χ0n) is 11.8. The van der Waals surface area contributed by atoms with Gasteiger partial charge in [0.2, 0.25) is 0 Å². The molecule has 1 N–H and O–H groups in total. The maximum atomic E-state index is 11.0. The predicted octanol–water partition coefficient (Wildman–Crippen LogP) is 2.28. The molecule has 0 saturated carbocycles. The normalized spacial score (nSPS) is 10.6. The van der Waals surface area contributed by atoms with Crippen LogP contribution in [0.5, 0.6) is 0 Å². The summed E-state index contributed by atoms with van der Waals surface area (Å²) in [5.41, 5.74) is 2.03. The number of rotatable bonds is 5. The molecular weight excluding hydrogens is 258 g/mol. The third-order valence-corrected chi connectivity index (χ3v) is 3.04. The van der Waals surface area contributed by atoms with Crippen LogP contribution < -0.4 is 5.32 Å². The van der Waals surface area contributed by atoms with Crippen LogP contribution in [0.25, 0.3) is 0 Å². The van der Waals surface area contributed by atoms with Gasteiger partial charge in [0.1, 0.15) is 17.2 Å². The number of hydrogen-bond acceptors (Lipinski definition) is 5. The Kier molecular flexibility index (Phi) is 3.97. The Bertz CT molecular complexity index is 618. The van der Waals surface area contributed by atoms with Crippen molar-refractivity contribution >= 4 is 11.5 Å². The Balaban J connectivity index is 2.22. The number of nitrogens with zero attached hydrogens (tertiary/aromatic N) is 4. The molecule has 0 spiro atoms. The van der Waals surface area contributed by atoms with Crippen molar-refractivity contribution in [3.8, 4) is 0 Å². The smallest absolute Gasteiger partial charge is 0.312 e. The first-order valence-electron chi connectivity index (χ1n) is 6.40. The molecule has 2 aromatic rings. The molecular formula is C13H17N5O2. The number of aryl methyl sites for hydroxylation is 1. The molecule has 0 bridgehead atoms. The van der Waals surface area contributed by atoms with Crippen molar-refractivity contribution in [2.75, 3.05) is 11.9 Å². The Morgan fingerprint density at radius 1 is 1.40 bits per heavy atom. The molecule has 2 heterocycles. The molecule has 106 valence electrons. The quantitative estimate of drug-likeness (QED) is 0.668.